The van der Waals surface area contributed by atoms with Crippen LogP contribution in [0.25, 0.3) is 0 Å². The molecule has 0 saturated carbocycles. The smallest absolute Gasteiger partial charge is 0.353 e. The molecule has 0 aromatic rings. The first-order valence-corrected chi connectivity index (χ1v) is 5.18. The van der Waals surface area contributed by atoms with Gasteiger partial charge in [-0.3, -0.25) is 0 Å². The van der Waals surface area contributed by atoms with Gasteiger partial charge in [0.05, 0.1) is 13.7 Å². The topological polar surface area (TPSA) is 59.3 Å². The van der Waals surface area contributed by atoms with E-state index in [2.05, 4.69) is 0 Å². The summed E-state index contributed by atoms with van der Waals surface area (Å²) in [5.74, 6) is 0.0983. The fourth-order valence-electron chi connectivity index (χ4n) is 0.742. The number of hydrogen-bond donors (Lipinski definition) is 0. The van der Waals surface area contributed by atoms with E-state index in [1.807, 2.05) is 6.92 Å². The highest BCUT2D eigenvalue weighted by Gasteiger charge is 2.17. The number of methoxy groups -OCH3 is 1. The number of thioether (sulfide) groups is 1. The second-order valence-corrected chi connectivity index (χ2v) is 3.37. The Hall–Kier alpha value is -1.15. The third kappa shape index (κ3) is 3.71. The first-order chi connectivity index (χ1) is 6.71. The fraction of sp³-hybridized carbons (Fsp3) is 0.556. The summed E-state index contributed by atoms with van der Waals surface area (Å²) < 4.78 is 9.64. The maximum absolute atomic E-state index is 11.3. The van der Waals surface area contributed by atoms with E-state index in [9.17, 15) is 4.79 Å². The number of hydrogen-bond acceptors (Lipinski definition) is 5. The molecular formula is C9H13NO3S. The molecule has 0 heterocycles. The molecule has 0 saturated heterocycles. The highest BCUT2D eigenvalue weighted by Crippen LogP contribution is 2.20. The normalized spacial score (nSPS) is 11.3. The molecule has 0 N–H and O–H groups in total. The highest BCUT2D eigenvalue weighted by molar-refractivity contribution is 8.02. The monoisotopic (exact) mass is 215 g/mol. The first kappa shape index (κ1) is 12.8. The van der Waals surface area contributed by atoms with Crippen LogP contribution in [0.5, 0.6) is 0 Å². The molecule has 0 aliphatic carbocycles. The Labute approximate surface area is 87.9 Å². The SMILES string of the molecule is CCOC(=O)C(C#N)=C(OC)SCC. The Morgan fingerprint density at radius 1 is 1.50 bits per heavy atom. The van der Waals surface area contributed by atoms with E-state index in [-0.39, 0.29) is 12.2 Å². The molecule has 0 rings (SSSR count). The van der Waals surface area contributed by atoms with Crippen molar-refractivity contribution >= 4 is 17.7 Å². The Morgan fingerprint density at radius 2 is 2.14 bits per heavy atom. The molecule has 5 heteroatoms. The number of nitriles is 1. The van der Waals surface area contributed by atoms with Crippen molar-refractivity contribution in [3.8, 4) is 6.07 Å². The van der Waals surface area contributed by atoms with Gasteiger partial charge in [0.1, 0.15) is 6.07 Å². The molecule has 0 aliphatic rings. The summed E-state index contributed by atoms with van der Waals surface area (Å²) in [5.41, 5.74) is -0.0683. The van der Waals surface area contributed by atoms with Crippen LogP contribution in [0.3, 0.4) is 0 Å². The van der Waals surface area contributed by atoms with Gasteiger partial charge in [-0.15, -0.1) is 0 Å². The molecule has 0 radical (unpaired) electrons. The molecule has 0 bridgehead atoms. The van der Waals surface area contributed by atoms with Crippen molar-refractivity contribution in [3.63, 3.8) is 0 Å². The third-order valence-corrected chi connectivity index (χ3v) is 2.18. The average molecular weight is 215 g/mol. The maximum atomic E-state index is 11.3. The lowest BCUT2D eigenvalue weighted by Gasteiger charge is -2.06. The van der Waals surface area contributed by atoms with Crippen LogP contribution in [0.15, 0.2) is 10.7 Å². The van der Waals surface area contributed by atoms with Crippen LogP contribution in [0.1, 0.15) is 13.8 Å². The minimum Gasteiger partial charge on any atom is -0.489 e. The largest absolute Gasteiger partial charge is 0.489 e. The Balaban J connectivity index is 4.80. The summed E-state index contributed by atoms with van der Waals surface area (Å²) >= 11 is 1.30. The predicted molar refractivity (Wildman–Crippen MR) is 54.4 cm³/mol. The van der Waals surface area contributed by atoms with Gasteiger partial charge in [-0.2, -0.15) is 5.26 Å². The van der Waals surface area contributed by atoms with E-state index in [4.69, 9.17) is 14.7 Å². The standard InChI is InChI=1S/C9H13NO3S/c1-4-13-8(11)7(6-10)9(12-3)14-5-2/h4-5H2,1-3H3. The van der Waals surface area contributed by atoms with Gasteiger partial charge >= 0.3 is 5.97 Å². The van der Waals surface area contributed by atoms with Crippen molar-refractivity contribution < 1.29 is 14.3 Å². The van der Waals surface area contributed by atoms with Crippen LogP contribution in [0.4, 0.5) is 0 Å². The average Bonchev–Trinajstić information content (AvgIpc) is 2.18. The van der Waals surface area contributed by atoms with Crippen molar-refractivity contribution in [1.29, 1.82) is 5.26 Å². The second-order valence-electron chi connectivity index (χ2n) is 2.13. The van der Waals surface area contributed by atoms with E-state index in [0.717, 1.165) is 5.75 Å². The van der Waals surface area contributed by atoms with Gasteiger partial charge in [-0.05, 0) is 12.7 Å². The minimum atomic E-state index is -0.632. The Kier molecular flexibility index (Phi) is 6.68. The number of nitrogens with zero attached hydrogens (tertiary/aromatic N) is 1. The Morgan fingerprint density at radius 3 is 2.50 bits per heavy atom. The van der Waals surface area contributed by atoms with Crippen molar-refractivity contribution in [3.05, 3.63) is 10.7 Å². The van der Waals surface area contributed by atoms with Gasteiger partial charge in [0, 0.05) is 0 Å². The summed E-state index contributed by atoms with van der Waals surface area (Å²) in [6, 6.07) is 1.78. The predicted octanol–water partition coefficient (Wildman–Crippen LogP) is 1.68. The molecule has 0 aliphatic heterocycles. The van der Waals surface area contributed by atoms with E-state index in [1.165, 1.54) is 18.9 Å². The van der Waals surface area contributed by atoms with Gasteiger partial charge in [-0.25, -0.2) is 4.79 Å². The van der Waals surface area contributed by atoms with E-state index in [1.54, 1.807) is 13.0 Å². The highest BCUT2D eigenvalue weighted by atomic mass is 32.2. The third-order valence-electron chi connectivity index (χ3n) is 1.26. The molecule has 0 atom stereocenters. The van der Waals surface area contributed by atoms with Crippen LogP contribution in [-0.2, 0) is 14.3 Å². The van der Waals surface area contributed by atoms with Gasteiger partial charge in [-0.1, -0.05) is 18.7 Å². The Bertz CT molecular complexity index is 268. The quantitative estimate of drug-likeness (QED) is 0.302. The molecule has 0 spiro atoms. The van der Waals surface area contributed by atoms with Crippen LogP contribution >= 0.6 is 11.8 Å². The minimum absolute atomic E-state index is 0.0683. The summed E-state index contributed by atoms with van der Waals surface area (Å²) in [6.45, 7) is 3.84. The first-order valence-electron chi connectivity index (χ1n) is 4.19. The van der Waals surface area contributed by atoms with E-state index < -0.39 is 5.97 Å². The molecule has 0 amide bonds. The zero-order valence-corrected chi connectivity index (χ0v) is 9.31. The van der Waals surface area contributed by atoms with Crippen LogP contribution in [0, 0.1) is 11.3 Å². The van der Waals surface area contributed by atoms with Crippen molar-refractivity contribution in [2.24, 2.45) is 0 Å². The number of ether oxygens (including phenoxy) is 2. The lowest BCUT2D eigenvalue weighted by atomic mass is 10.3. The zero-order valence-electron chi connectivity index (χ0n) is 8.49. The van der Waals surface area contributed by atoms with Gasteiger partial charge in [0.2, 0.25) is 0 Å². The molecule has 14 heavy (non-hydrogen) atoms. The van der Waals surface area contributed by atoms with Crippen LogP contribution in [-0.4, -0.2) is 25.4 Å². The van der Waals surface area contributed by atoms with E-state index >= 15 is 0 Å². The summed E-state index contributed by atoms with van der Waals surface area (Å²) in [6.07, 6.45) is 0. The lowest BCUT2D eigenvalue weighted by molar-refractivity contribution is -0.138. The molecule has 0 aromatic heterocycles. The van der Waals surface area contributed by atoms with Gasteiger partial charge < -0.3 is 9.47 Å². The van der Waals surface area contributed by atoms with Crippen molar-refractivity contribution in [2.75, 3.05) is 19.5 Å². The number of rotatable bonds is 5. The maximum Gasteiger partial charge on any atom is 0.353 e. The summed E-state index contributed by atoms with van der Waals surface area (Å²) in [7, 11) is 1.43. The van der Waals surface area contributed by atoms with Crippen LogP contribution in [0.2, 0.25) is 0 Å². The zero-order chi connectivity index (χ0) is 11.0. The lowest BCUT2D eigenvalue weighted by Crippen LogP contribution is -2.09. The van der Waals surface area contributed by atoms with Crippen molar-refractivity contribution in [1.82, 2.24) is 0 Å². The van der Waals surface area contributed by atoms with E-state index in [0.29, 0.717) is 5.09 Å². The molecule has 0 aromatic carbocycles. The molecule has 78 valence electrons. The number of carbonyl (C=O) groups is 1. The molecular weight excluding hydrogens is 202 g/mol. The number of carbonyl (C=O) groups excluding carboxylic acids is 1. The second kappa shape index (κ2) is 7.27. The van der Waals surface area contributed by atoms with Gasteiger partial charge in [0.25, 0.3) is 0 Å². The molecule has 4 nitrogen and oxygen atoms in total. The molecule has 0 fully saturated rings. The van der Waals surface area contributed by atoms with Crippen molar-refractivity contribution in [2.45, 2.75) is 13.8 Å². The molecule has 0 unspecified atom stereocenters. The fourth-order valence-corrected chi connectivity index (χ4v) is 1.40. The van der Waals surface area contributed by atoms with Crippen LogP contribution < -0.4 is 0 Å². The van der Waals surface area contributed by atoms with Gasteiger partial charge in [0.15, 0.2) is 10.7 Å². The summed E-state index contributed by atoms with van der Waals surface area (Å²) in [5, 5.41) is 9.06. The summed E-state index contributed by atoms with van der Waals surface area (Å²) in [4.78, 5) is 11.3. The number of esters is 1.